The van der Waals surface area contributed by atoms with E-state index in [0.717, 1.165) is 50.1 Å². The number of halogens is 1. The second-order valence-electron chi connectivity index (χ2n) is 10.5. The molecule has 39 heavy (non-hydrogen) atoms. The van der Waals surface area contributed by atoms with Gasteiger partial charge in [-0.15, -0.1) is 0 Å². The van der Waals surface area contributed by atoms with Crippen LogP contribution < -0.4 is 15.8 Å². The molecular weight excluding hydrogens is 512 g/mol. The molecule has 2 fully saturated rings. The van der Waals surface area contributed by atoms with Crippen molar-refractivity contribution in [2.24, 2.45) is 0 Å². The zero-order chi connectivity index (χ0) is 26.9. The molecule has 2 aromatic carbocycles. The van der Waals surface area contributed by atoms with Crippen LogP contribution >= 0.6 is 11.6 Å². The Morgan fingerprint density at radius 3 is 2.64 bits per heavy atom. The predicted octanol–water partition coefficient (Wildman–Crippen LogP) is 5.09. The smallest absolute Gasteiger partial charge is 0.260 e. The van der Waals surface area contributed by atoms with Gasteiger partial charge in [-0.1, -0.05) is 29.8 Å². The summed E-state index contributed by atoms with van der Waals surface area (Å²) in [5.41, 5.74) is 5.04. The Bertz CT molecular complexity index is 1560. The lowest BCUT2D eigenvalue weighted by Gasteiger charge is -2.35. The molecule has 0 spiro atoms. The monoisotopic (exact) mass is 544 g/mol. The van der Waals surface area contributed by atoms with E-state index in [9.17, 15) is 4.79 Å². The second-order valence-corrected chi connectivity index (χ2v) is 10.9. The Morgan fingerprint density at radius 2 is 1.90 bits per heavy atom. The highest BCUT2D eigenvalue weighted by Crippen LogP contribution is 2.29. The van der Waals surface area contributed by atoms with E-state index in [2.05, 4.69) is 52.3 Å². The molecule has 2 saturated heterocycles. The summed E-state index contributed by atoms with van der Waals surface area (Å²) in [5, 5.41) is 4.66. The highest BCUT2D eigenvalue weighted by Gasteiger charge is 2.21. The van der Waals surface area contributed by atoms with Crippen LogP contribution in [0.2, 0.25) is 5.02 Å². The number of ether oxygens (including phenoxy) is 1. The van der Waals surface area contributed by atoms with E-state index in [1.54, 1.807) is 16.8 Å². The van der Waals surface area contributed by atoms with E-state index in [1.807, 2.05) is 24.3 Å². The maximum Gasteiger partial charge on any atom is 0.260 e. The maximum atomic E-state index is 13.8. The van der Waals surface area contributed by atoms with Crippen LogP contribution in [0.15, 0.2) is 59.5 Å². The van der Waals surface area contributed by atoms with Crippen molar-refractivity contribution >= 4 is 40.0 Å². The normalized spacial score (nSPS) is 18.1. The highest BCUT2D eigenvalue weighted by atomic mass is 35.5. The van der Waals surface area contributed by atoms with Crippen LogP contribution in [-0.2, 0) is 11.3 Å². The largest absolute Gasteiger partial charge is 0.376 e. The van der Waals surface area contributed by atoms with Crippen molar-refractivity contribution in [2.75, 3.05) is 50.1 Å². The summed E-state index contributed by atoms with van der Waals surface area (Å²) in [6.45, 7) is 7.46. The number of rotatable bonds is 6. The molecule has 2 aliphatic rings. The van der Waals surface area contributed by atoms with E-state index in [4.69, 9.17) is 21.3 Å². The first-order valence-electron chi connectivity index (χ1n) is 13.5. The number of benzene rings is 2. The number of nitrogens with zero attached hydrogens (tertiary/aromatic N) is 5. The Hall–Kier alpha value is -3.46. The molecule has 2 aliphatic heterocycles. The third-order valence-electron chi connectivity index (χ3n) is 7.70. The fourth-order valence-electron chi connectivity index (χ4n) is 5.52. The number of nitrogens with one attached hydrogen (secondary N) is 1. The van der Waals surface area contributed by atoms with Gasteiger partial charge in [0.05, 0.1) is 12.6 Å². The number of fused-ring (bicyclic) bond motifs is 1. The van der Waals surface area contributed by atoms with E-state index in [-0.39, 0.29) is 11.7 Å². The summed E-state index contributed by atoms with van der Waals surface area (Å²) in [6, 6.07) is 15.6. The van der Waals surface area contributed by atoms with Crippen molar-refractivity contribution in [1.82, 2.24) is 19.4 Å². The minimum Gasteiger partial charge on any atom is -0.376 e. The number of aryl methyl sites for hydroxylation is 1. The molecule has 8 nitrogen and oxygen atoms in total. The lowest BCUT2D eigenvalue weighted by molar-refractivity contribution is 0.0971. The number of hydrogen-bond acceptors (Lipinski definition) is 7. The van der Waals surface area contributed by atoms with Gasteiger partial charge in [-0.3, -0.25) is 9.36 Å². The Labute approximate surface area is 233 Å². The van der Waals surface area contributed by atoms with Gasteiger partial charge in [-0.25, -0.2) is 4.98 Å². The van der Waals surface area contributed by atoms with Crippen molar-refractivity contribution in [2.45, 2.75) is 32.4 Å². The maximum absolute atomic E-state index is 13.8. The van der Waals surface area contributed by atoms with Crippen LogP contribution in [0.3, 0.4) is 0 Å². The number of pyridine rings is 1. The lowest BCUT2D eigenvalue weighted by Crippen LogP contribution is -2.44. The minimum atomic E-state index is -0.136. The molecule has 0 unspecified atom stereocenters. The molecule has 1 atom stereocenters. The SMILES string of the molecule is Cc1cc(Nc2ncc3cc(-c4ccccc4Cl)c(=O)n(C[C@H]4CCCO4)c3n2)ccc1N1CCN(C)CC1. The Balaban J connectivity index is 1.35. The average Bonchev–Trinajstić information content (AvgIpc) is 3.45. The van der Waals surface area contributed by atoms with E-state index < -0.39 is 0 Å². The third kappa shape index (κ3) is 5.37. The van der Waals surface area contributed by atoms with E-state index in [1.165, 1.54) is 11.3 Å². The quantitative estimate of drug-likeness (QED) is 0.362. The van der Waals surface area contributed by atoms with Crippen molar-refractivity contribution in [1.29, 1.82) is 0 Å². The van der Waals surface area contributed by atoms with Gasteiger partial charge in [0.1, 0.15) is 5.65 Å². The van der Waals surface area contributed by atoms with Crippen LogP contribution in [0.5, 0.6) is 0 Å². The molecule has 9 heteroatoms. The number of hydrogen-bond donors (Lipinski definition) is 1. The van der Waals surface area contributed by atoms with Gasteiger partial charge in [0, 0.05) is 71.9 Å². The topological polar surface area (TPSA) is 75.5 Å². The van der Waals surface area contributed by atoms with Gasteiger partial charge in [0.2, 0.25) is 5.95 Å². The molecule has 4 heterocycles. The Morgan fingerprint density at radius 1 is 1.08 bits per heavy atom. The molecular formula is C30H33ClN6O2. The fraction of sp³-hybridized carbons (Fsp3) is 0.367. The summed E-state index contributed by atoms with van der Waals surface area (Å²) >= 11 is 6.48. The van der Waals surface area contributed by atoms with Gasteiger partial charge in [0.25, 0.3) is 5.56 Å². The number of anilines is 3. The molecule has 4 aromatic rings. The lowest BCUT2D eigenvalue weighted by atomic mass is 10.1. The van der Waals surface area contributed by atoms with Gasteiger partial charge in [-0.2, -0.15) is 4.98 Å². The zero-order valence-corrected chi connectivity index (χ0v) is 23.1. The molecule has 2 aromatic heterocycles. The molecule has 0 saturated carbocycles. The first-order chi connectivity index (χ1) is 19.0. The van der Waals surface area contributed by atoms with Crippen molar-refractivity contribution < 1.29 is 4.74 Å². The predicted molar refractivity (Wildman–Crippen MR) is 157 cm³/mol. The van der Waals surface area contributed by atoms with Gasteiger partial charge in [0.15, 0.2) is 0 Å². The molecule has 0 aliphatic carbocycles. The number of piperazine rings is 1. The summed E-state index contributed by atoms with van der Waals surface area (Å²) in [7, 11) is 2.17. The van der Waals surface area contributed by atoms with E-state index in [0.29, 0.717) is 40.9 Å². The first kappa shape index (κ1) is 25.8. The van der Waals surface area contributed by atoms with E-state index >= 15 is 0 Å². The molecule has 1 N–H and O–H groups in total. The van der Waals surface area contributed by atoms with Crippen LogP contribution in [0.4, 0.5) is 17.3 Å². The second kappa shape index (κ2) is 11.0. The van der Waals surface area contributed by atoms with Crippen molar-refractivity contribution in [3.8, 4) is 11.1 Å². The first-order valence-corrected chi connectivity index (χ1v) is 13.9. The number of likely N-dealkylation sites (N-methyl/N-ethyl adjacent to an activating group) is 1. The summed E-state index contributed by atoms with van der Waals surface area (Å²) in [6.07, 6.45) is 3.65. The summed E-state index contributed by atoms with van der Waals surface area (Å²) in [4.78, 5) is 28.0. The van der Waals surface area contributed by atoms with Crippen LogP contribution in [0.25, 0.3) is 22.2 Å². The van der Waals surface area contributed by atoms with Gasteiger partial charge in [-0.05, 0) is 62.7 Å². The fourth-order valence-corrected chi connectivity index (χ4v) is 5.76. The standard InChI is InChI=1S/C30H33ClN6O2/c1-20-16-22(9-10-27(20)36-13-11-35(2)12-14-36)33-30-32-18-21-17-25(24-7-3-4-8-26(24)31)29(38)37(28(21)34-30)19-23-6-5-15-39-23/h3-4,7-10,16-18,23H,5-6,11-15,19H2,1-2H3,(H,32,33,34)/t23-/m1/s1. The summed E-state index contributed by atoms with van der Waals surface area (Å²) < 4.78 is 7.61. The number of aromatic nitrogens is 3. The Kier molecular flexibility index (Phi) is 7.25. The molecule has 0 amide bonds. The molecule has 0 radical (unpaired) electrons. The molecule has 202 valence electrons. The van der Waals surface area contributed by atoms with Crippen LogP contribution in [-0.4, -0.2) is 65.4 Å². The zero-order valence-electron chi connectivity index (χ0n) is 22.4. The third-order valence-corrected chi connectivity index (χ3v) is 8.03. The van der Waals surface area contributed by atoms with Gasteiger partial charge < -0.3 is 19.9 Å². The summed E-state index contributed by atoms with van der Waals surface area (Å²) in [5.74, 6) is 0.445. The van der Waals surface area contributed by atoms with Crippen LogP contribution in [0.1, 0.15) is 18.4 Å². The van der Waals surface area contributed by atoms with Gasteiger partial charge >= 0.3 is 0 Å². The average molecular weight is 545 g/mol. The highest BCUT2D eigenvalue weighted by molar-refractivity contribution is 6.33. The molecule has 0 bridgehead atoms. The van der Waals surface area contributed by atoms with Crippen molar-refractivity contribution in [3.63, 3.8) is 0 Å². The minimum absolute atomic E-state index is 0.0245. The van der Waals surface area contributed by atoms with Crippen molar-refractivity contribution in [3.05, 3.63) is 75.7 Å². The van der Waals surface area contributed by atoms with Crippen LogP contribution in [0, 0.1) is 6.92 Å². The molecule has 6 rings (SSSR count).